The van der Waals surface area contributed by atoms with Gasteiger partial charge in [-0.3, -0.25) is 9.48 Å². The summed E-state index contributed by atoms with van der Waals surface area (Å²) in [6.07, 6.45) is 4.84. The number of fused-ring (bicyclic) bond motifs is 2. The number of amides is 1. The van der Waals surface area contributed by atoms with Crippen LogP contribution in [0.25, 0.3) is 16.7 Å². The van der Waals surface area contributed by atoms with Crippen LogP contribution in [0, 0.1) is 13.8 Å². The molecule has 170 valence electrons. The van der Waals surface area contributed by atoms with Crippen LogP contribution in [0.1, 0.15) is 45.4 Å². The topological polar surface area (TPSA) is 80.9 Å². The Hall–Kier alpha value is -3.52. The van der Waals surface area contributed by atoms with Gasteiger partial charge in [0, 0.05) is 49.5 Å². The molecule has 0 atom stereocenters. The number of nitrogens with one attached hydrogen (secondary N) is 1. The number of rotatable bonds is 5. The van der Waals surface area contributed by atoms with Crippen molar-refractivity contribution in [3.05, 3.63) is 70.3 Å². The molecule has 1 aromatic carbocycles. The predicted octanol–water partition coefficient (Wildman–Crippen LogP) is 3.17. The Morgan fingerprint density at radius 3 is 2.85 bits per heavy atom. The molecule has 0 saturated carbocycles. The number of aryl methyl sites for hydroxylation is 2. The molecule has 0 bridgehead atoms. The van der Waals surface area contributed by atoms with Crippen molar-refractivity contribution in [3.63, 3.8) is 0 Å². The molecule has 0 aliphatic carbocycles. The Bertz CT molecular complexity index is 1330. The lowest BCUT2D eigenvalue weighted by Gasteiger charge is -2.19. The van der Waals surface area contributed by atoms with E-state index in [0.717, 1.165) is 59.5 Å². The number of carbonyl (C=O) groups excluding carboxylic acids is 1. The zero-order valence-corrected chi connectivity index (χ0v) is 19.6. The van der Waals surface area contributed by atoms with E-state index in [1.165, 1.54) is 5.56 Å². The third-order valence-corrected chi connectivity index (χ3v) is 6.42. The quantitative estimate of drug-likeness (QED) is 0.512. The smallest absolute Gasteiger partial charge is 0.254 e. The largest absolute Gasteiger partial charge is 0.337 e. The fourth-order valence-corrected chi connectivity index (χ4v) is 4.46. The molecule has 0 unspecified atom stereocenters. The molecule has 1 N–H and O–H groups in total. The summed E-state index contributed by atoms with van der Waals surface area (Å²) in [7, 11) is 1.84. The van der Waals surface area contributed by atoms with E-state index in [1.807, 2.05) is 66.9 Å². The van der Waals surface area contributed by atoms with Crippen molar-refractivity contribution in [1.29, 1.82) is 0 Å². The highest BCUT2D eigenvalue weighted by molar-refractivity contribution is 6.06. The summed E-state index contributed by atoms with van der Waals surface area (Å²) in [6, 6.07) is 7.91. The van der Waals surface area contributed by atoms with Crippen LogP contribution in [0.5, 0.6) is 0 Å². The third-order valence-electron chi connectivity index (χ3n) is 6.42. The summed E-state index contributed by atoms with van der Waals surface area (Å²) in [4.78, 5) is 20.3. The van der Waals surface area contributed by atoms with Crippen LogP contribution in [0.3, 0.4) is 0 Å². The van der Waals surface area contributed by atoms with E-state index in [9.17, 15) is 4.79 Å². The second-order valence-electron chi connectivity index (χ2n) is 8.75. The molecule has 0 spiro atoms. The van der Waals surface area contributed by atoms with Crippen molar-refractivity contribution in [1.82, 2.24) is 34.8 Å². The maximum atomic E-state index is 13.7. The summed E-state index contributed by atoms with van der Waals surface area (Å²) < 4.78 is 3.76. The molecule has 33 heavy (non-hydrogen) atoms. The minimum absolute atomic E-state index is 0.0449. The average Bonchev–Trinajstić information content (AvgIpc) is 3.41. The maximum absolute atomic E-state index is 13.7. The molecular weight excluding hydrogens is 414 g/mol. The standard InChI is InChI=1S/C25H29N7O/c1-5-31-17(3)19(12-27-31)14-30(4)25(33)21-11-24(28-22-7-6-16(2)10-20(21)22)32-15-18-8-9-26-13-23(18)29-32/h6-7,10-12,15,26H,5,8-9,13-14H2,1-4H3. The minimum Gasteiger partial charge on any atom is -0.337 e. The molecule has 0 saturated heterocycles. The predicted molar refractivity (Wildman–Crippen MR) is 127 cm³/mol. The van der Waals surface area contributed by atoms with Crippen LogP contribution in [-0.4, -0.2) is 48.9 Å². The Morgan fingerprint density at radius 2 is 2.09 bits per heavy atom. The SMILES string of the molecule is CCn1ncc(CN(C)C(=O)c2cc(-n3cc4c(n3)CNCC4)nc3ccc(C)cc23)c1C. The second kappa shape index (κ2) is 8.44. The van der Waals surface area contributed by atoms with Gasteiger partial charge < -0.3 is 10.2 Å². The summed E-state index contributed by atoms with van der Waals surface area (Å²) in [5, 5.41) is 13.4. The van der Waals surface area contributed by atoms with E-state index < -0.39 is 0 Å². The van der Waals surface area contributed by atoms with Crippen molar-refractivity contribution in [2.45, 2.75) is 46.8 Å². The Morgan fingerprint density at radius 1 is 1.24 bits per heavy atom. The highest BCUT2D eigenvalue weighted by Gasteiger charge is 2.21. The van der Waals surface area contributed by atoms with E-state index in [0.29, 0.717) is 17.9 Å². The van der Waals surface area contributed by atoms with Gasteiger partial charge in [-0.15, -0.1) is 0 Å². The van der Waals surface area contributed by atoms with Gasteiger partial charge in [-0.1, -0.05) is 11.6 Å². The monoisotopic (exact) mass is 443 g/mol. The van der Waals surface area contributed by atoms with Crippen molar-refractivity contribution in [3.8, 4) is 5.82 Å². The van der Waals surface area contributed by atoms with Gasteiger partial charge in [-0.05, 0) is 57.5 Å². The molecule has 4 heterocycles. The van der Waals surface area contributed by atoms with Crippen LogP contribution in [0.15, 0.2) is 36.7 Å². The van der Waals surface area contributed by atoms with Crippen molar-refractivity contribution < 1.29 is 4.79 Å². The lowest BCUT2D eigenvalue weighted by Crippen LogP contribution is -2.27. The average molecular weight is 444 g/mol. The van der Waals surface area contributed by atoms with Crippen LogP contribution in [-0.2, 0) is 26.1 Å². The summed E-state index contributed by atoms with van der Waals surface area (Å²) in [5.74, 6) is 0.615. The number of benzene rings is 1. The molecule has 0 fully saturated rings. The minimum atomic E-state index is -0.0449. The molecule has 0 radical (unpaired) electrons. The lowest BCUT2D eigenvalue weighted by atomic mass is 10.0. The fourth-order valence-electron chi connectivity index (χ4n) is 4.46. The molecule has 1 amide bonds. The Balaban J connectivity index is 1.55. The van der Waals surface area contributed by atoms with E-state index in [-0.39, 0.29) is 5.91 Å². The first-order valence-electron chi connectivity index (χ1n) is 11.4. The summed E-state index contributed by atoms with van der Waals surface area (Å²) in [5.41, 5.74) is 6.92. The van der Waals surface area contributed by atoms with E-state index in [1.54, 1.807) is 4.90 Å². The van der Waals surface area contributed by atoms with E-state index in [2.05, 4.69) is 17.3 Å². The molecule has 4 aromatic rings. The van der Waals surface area contributed by atoms with Crippen LogP contribution >= 0.6 is 0 Å². The van der Waals surface area contributed by atoms with Gasteiger partial charge in [0.15, 0.2) is 5.82 Å². The normalized spacial score (nSPS) is 13.3. The van der Waals surface area contributed by atoms with Crippen molar-refractivity contribution in [2.75, 3.05) is 13.6 Å². The molecule has 5 rings (SSSR count). The van der Waals surface area contributed by atoms with Gasteiger partial charge in [0.25, 0.3) is 5.91 Å². The number of aromatic nitrogens is 5. The van der Waals surface area contributed by atoms with Crippen LogP contribution in [0.2, 0.25) is 0 Å². The van der Waals surface area contributed by atoms with Crippen molar-refractivity contribution >= 4 is 16.8 Å². The van der Waals surface area contributed by atoms with Gasteiger partial charge in [-0.25, -0.2) is 9.67 Å². The second-order valence-corrected chi connectivity index (χ2v) is 8.75. The first-order chi connectivity index (χ1) is 15.9. The number of hydrogen-bond acceptors (Lipinski definition) is 5. The summed E-state index contributed by atoms with van der Waals surface area (Å²) in [6.45, 7) is 9.15. The first kappa shape index (κ1) is 21.3. The number of nitrogens with zero attached hydrogens (tertiary/aromatic N) is 6. The van der Waals surface area contributed by atoms with E-state index in [4.69, 9.17) is 10.1 Å². The number of hydrogen-bond donors (Lipinski definition) is 1. The van der Waals surface area contributed by atoms with Crippen LogP contribution in [0.4, 0.5) is 0 Å². The lowest BCUT2D eigenvalue weighted by molar-refractivity contribution is 0.0786. The van der Waals surface area contributed by atoms with Gasteiger partial charge in [0.2, 0.25) is 0 Å². The number of carbonyl (C=O) groups is 1. The molecule has 3 aromatic heterocycles. The van der Waals surface area contributed by atoms with E-state index >= 15 is 0 Å². The van der Waals surface area contributed by atoms with Gasteiger partial charge in [-0.2, -0.15) is 10.2 Å². The third kappa shape index (κ3) is 3.91. The molecule has 8 nitrogen and oxygen atoms in total. The Labute approximate surface area is 193 Å². The highest BCUT2D eigenvalue weighted by Crippen LogP contribution is 2.25. The molecule has 1 aliphatic heterocycles. The molecule has 1 aliphatic rings. The highest BCUT2D eigenvalue weighted by atomic mass is 16.2. The van der Waals surface area contributed by atoms with Crippen LogP contribution < -0.4 is 5.32 Å². The maximum Gasteiger partial charge on any atom is 0.254 e. The molecule has 8 heteroatoms. The molecular formula is C25H29N7O. The van der Waals surface area contributed by atoms with Gasteiger partial charge in [0.1, 0.15) is 0 Å². The summed E-state index contributed by atoms with van der Waals surface area (Å²) >= 11 is 0. The number of pyridine rings is 1. The fraction of sp³-hybridized carbons (Fsp3) is 0.360. The van der Waals surface area contributed by atoms with Gasteiger partial charge >= 0.3 is 0 Å². The zero-order chi connectivity index (χ0) is 23.1. The first-order valence-corrected chi connectivity index (χ1v) is 11.4. The zero-order valence-electron chi connectivity index (χ0n) is 19.6. The van der Waals surface area contributed by atoms with Crippen molar-refractivity contribution in [2.24, 2.45) is 0 Å². The van der Waals surface area contributed by atoms with Gasteiger partial charge in [0.05, 0.1) is 23.0 Å². The Kier molecular flexibility index (Phi) is 5.46.